The van der Waals surface area contributed by atoms with Crippen LogP contribution in [0.25, 0.3) is 0 Å². The van der Waals surface area contributed by atoms with E-state index in [1.165, 1.54) is 0 Å². The molecule has 1 aromatic rings. The number of esters is 1. The van der Waals surface area contributed by atoms with Gasteiger partial charge in [-0.2, -0.15) is 0 Å². The molecule has 2 rings (SSSR count). The Morgan fingerprint density at radius 1 is 1.36 bits per heavy atom. The third-order valence-electron chi connectivity index (χ3n) is 3.25. The third-order valence-corrected chi connectivity index (χ3v) is 3.98. The van der Waals surface area contributed by atoms with Crippen LogP contribution in [0.3, 0.4) is 0 Å². The van der Waals surface area contributed by atoms with Gasteiger partial charge in [0.25, 0.3) is 0 Å². The zero-order valence-corrected chi connectivity index (χ0v) is 14.4. The van der Waals surface area contributed by atoms with Crippen LogP contribution in [0.4, 0.5) is 4.79 Å². The smallest absolute Gasteiger partial charge is 0.338 e. The maximum absolute atomic E-state index is 12.4. The minimum absolute atomic E-state index is 0.248. The molecule has 1 aliphatic rings. The van der Waals surface area contributed by atoms with Gasteiger partial charge in [0.15, 0.2) is 0 Å². The molecule has 22 heavy (non-hydrogen) atoms. The van der Waals surface area contributed by atoms with Gasteiger partial charge in [-0.3, -0.25) is 0 Å². The van der Waals surface area contributed by atoms with Gasteiger partial charge in [0.05, 0.1) is 18.2 Å². The molecule has 0 radical (unpaired) electrons. The van der Waals surface area contributed by atoms with Crippen molar-refractivity contribution in [3.05, 3.63) is 45.6 Å². The summed E-state index contributed by atoms with van der Waals surface area (Å²) in [6.07, 6.45) is 0. The Morgan fingerprint density at radius 2 is 2.05 bits per heavy atom. The number of benzene rings is 1. The summed E-state index contributed by atoms with van der Waals surface area (Å²) in [6, 6.07) is 6.60. The minimum atomic E-state index is -0.538. The van der Waals surface area contributed by atoms with Crippen LogP contribution in [0.1, 0.15) is 32.4 Å². The van der Waals surface area contributed by atoms with Crippen molar-refractivity contribution in [2.24, 2.45) is 5.92 Å². The quantitative estimate of drug-likeness (QED) is 0.803. The van der Waals surface area contributed by atoms with Crippen LogP contribution in [0.2, 0.25) is 0 Å². The number of carbonyl (C=O) groups excluding carboxylic acids is 2. The molecule has 6 heteroatoms. The predicted octanol–water partition coefficient (Wildman–Crippen LogP) is 3.28. The van der Waals surface area contributed by atoms with E-state index in [4.69, 9.17) is 4.74 Å². The van der Waals surface area contributed by atoms with Crippen LogP contribution in [-0.4, -0.2) is 18.6 Å². The lowest BCUT2D eigenvalue weighted by Gasteiger charge is -2.28. The Kier molecular flexibility index (Phi) is 5.24. The monoisotopic (exact) mass is 366 g/mol. The van der Waals surface area contributed by atoms with Crippen molar-refractivity contribution in [3.8, 4) is 0 Å². The topological polar surface area (TPSA) is 67.4 Å². The number of hydrogen-bond donors (Lipinski definition) is 2. The molecule has 2 N–H and O–H groups in total. The summed E-state index contributed by atoms with van der Waals surface area (Å²) < 4.78 is 6.16. The summed E-state index contributed by atoms with van der Waals surface area (Å²) in [5, 5.41) is 5.41. The molecule has 0 unspecified atom stereocenters. The fraction of sp³-hybridized carbons (Fsp3) is 0.375. The highest BCUT2D eigenvalue weighted by atomic mass is 79.9. The van der Waals surface area contributed by atoms with E-state index in [2.05, 4.69) is 26.6 Å². The average Bonchev–Trinajstić information content (AvgIpc) is 2.44. The lowest BCUT2D eigenvalue weighted by atomic mass is 9.95. The molecule has 0 spiro atoms. The lowest BCUT2D eigenvalue weighted by Crippen LogP contribution is -2.45. The highest BCUT2D eigenvalue weighted by Crippen LogP contribution is 2.32. The number of nitrogens with one attached hydrogen (secondary N) is 2. The number of amides is 2. The first-order chi connectivity index (χ1) is 10.4. The lowest BCUT2D eigenvalue weighted by molar-refractivity contribution is -0.140. The van der Waals surface area contributed by atoms with Gasteiger partial charge in [-0.25, -0.2) is 9.59 Å². The van der Waals surface area contributed by atoms with Crippen LogP contribution >= 0.6 is 15.9 Å². The molecule has 0 fully saturated rings. The zero-order valence-electron chi connectivity index (χ0n) is 12.8. The third kappa shape index (κ3) is 3.68. The van der Waals surface area contributed by atoms with Crippen molar-refractivity contribution in [1.82, 2.24) is 10.6 Å². The Bertz CT molecular complexity index is 626. The predicted molar refractivity (Wildman–Crippen MR) is 87.0 cm³/mol. The van der Waals surface area contributed by atoms with Crippen LogP contribution in [0.15, 0.2) is 40.0 Å². The summed E-state index contributed by atoms with van der Waals surface area (Å²) in [5.41, 5.74) is 1.75. The second-order valence-corrected chi connectivity index (χ2v) is 6.44. The summed E-state index contributed by atoms with van der Waals surface area (Å²) >= 11 is 3.46. The van der Waals surface area contributed by atoms with Gasteiger partial charge >= 0.3 is 12.0 Å². The molecule has 5 nitrogen and oxygen atoms in total. The minimum Gasteiger partial charge on any atom is -0.462 e. The number of hydrogen-bond acceptors (Lipinski definition) is 3. The van der Waals surface area contributed by atoms with Gasteiger partial charge in [0, 0.05) is 10.2 Å². The van der Waals surface area contributed by atoms with Gasteiger partial charge in [-0.1, -0.05) is 48.0 Å². The Hall–Kier alpha value is -1.82. The van der Waals surface area contributed by atoms with Crippen molar-refractivity contribution in [3.63, 3.8) is 0 Å². The van der Waals surface area contributed by atoms with Gasteiger partial charge < -0.3 is 15.4 Å². The zero-order chi connectivity index (χ0) is 16.3. The van der Waals surface area contributed by atoms with E-state index < -0.39 is 12.0 Å². The molecule has 0 aromatic heterocycles. The second kappa shape index (κ2) is 6.96. The van der Waals surface area contributed by atoms with Crippen LogP contribution in [0, 0.1) is 5.92 Å². The highest BCUT2D eigenvalue weighted by molar-refractivity contribution is 9.10. The van der Waals surface area contributed by atoms with Crippen molar-refractivity contribution in [2.45, 2.75) is 26.8 Å². The van der Waals surface area contributed by atoms with E-state index in [0.717, 1.165) is 10.0 Å². The van der Waals surface area contributed by atoms with E-state index in [0.29, 0.717) is 17.9 Å². The van der Waals surface area contributed by atoms with Gasteiger partial charge in [-0.15, -0.1) is 0 Å². The van der Waals surface area contributed by atoms with Crippen molar-refractivity contribution >= 4 is 27.9 Å². The first kappa shape index (κ1) is 16.5. The van der Waals surface area contributed by atoms with Crippen molar-refractivity contribution in [1.29, 1.82) is 0 Å². The molecule has 1 aromatic carbocycles. The number of allylic oxidation sites excluding steroid dienone is 1. The fourth-order valence-corrected chi connectivity index (χ4v) is 2.74. The molecule has 118 valence electrons. The maximum Gasteiger partial charge on any atom is 0.338 e. The van der Waals surface area contributed by atoms with Gasteiger partial charge in [0.2, 0.25) is 0 Å². The molecule has 0 aliphatic carbocycles. The number of ether oxygens (including phenoxy) is 1. The molecule has 1 atom stereocenters. The largest absolute Gasteiger partial charge is 0.462 e. The molecule has 0 saturated heterocycles. The molecule has 0 saturated carbocycles. The molecule has 0 bridgehead atoms. The number of carbonyl (C=O) groups is 2. The summed E-state index contributed by atoms with van der Waals surface area (Å²) in [4.78, 5) is 24.2. The highest BCUT2D eigenvalue weighted by Gasteiger charge is 2.33. The van der Waals surface area contributed by atoms with Crippen molar-refractivity contribution < 1.29 is 14.3 Å². The summed E-state index contributed by atoms with van der Waals surface area (Å²) in [6.45, 7) is 5.99. The van der Waals surface area contributed by atoms with Gasteiger partial charge in [-0.05, 0) is 24.5 Å². The van der Waals surface area contributed by atoms with Crippen LogP contribution in [-0.2, 0) is 9.53 Å². The van der Waals surface area contributed by atoms with Crippen molar-refractivity contribution in [2.75, 3.05) is 6.61 Å². The Morgan fingerprint density at radius 3 is 2.68 bits per heavy atom. The molecular formula is C16H19BrN2O3. The molecule has 1 heterocycles. The molecular weight excluding hydrogens is 348 g/mol. The fourth-order valence-electron chi connectivity index (χ4n) is 2.23. The van der Waals surface area contributed by atoms with E-state index in [-0.39, 0.29) is 11.9 Å². The molecule has 2 amide bonds. The SMILES string of the molecule is CC1=C(C(=O)OCC(C)C)[C@@H](c2ccccc2Br)NC(=O)N1. The Balaban J connectivity index is 2.37. The van der Waals surface area contributed by atoms with E-state index in [1.54, 1.807) is 6.92 Å². The standard InChI is InChI=1S/C16H19BrN2O3/c1-9(2)8-22-15(20)13-10(3)18-16(21)19-14(13)11-6-4-5-7-12(11)17/h4-7,9,14H,8H2,1-3H3,(H2,18,19,21)/t14-/m1/s1. The maximum atomic E-state index is 12.4. The second-order valence-electron chi connectivity index (χ2n) is 5.58. The van der Waals surface area contributed by atoms with E-state index >= 15 is 0 Å². The van der Waals surface area contributed by atoms with Crippen LogP contribution in [0.5, 0.6) is 0 Å². The van der Waals surface area contributed by atoms with Crippen LogP contribution < -0.4 is 10.6 Å². The number of halogens is 1. The molecule has 1 aliphatic heterocycles. The number of urea groups is 1. The van der Waals surface area contributed by atoms with Gasteiger partial charge in [0.1, 0.15) is 0 Å². The average molecular weight is 367 g/mol. The number of rotatable bonds is 4. The normalized spacial score (nSPS) is 18.0. The first-order valence-corrected chi connectivity index (χ1v) is 7.89. The first-order valence-electron chi connectivity index (χ1n) is 7.10. The Labute approximate surface area is 138 Å². The summed E-state index contributed by atoms with van der Waals surface area (Å²) in [5.74, 6) is -0.169. The van der Waals surface area contributed by atoms with E-state index in [9.17, 15) is 9.59 Å². The van der Waals surface area contributed by atoms with E-state index in [1.807, 2.05) is 38.1 Å². The summed E-state index contributed by atoms with van der Waals surface area (Å²) in [7, 11) is 0.